The molecule has 0 amide bonds. The molecular weight excluding hydrogens is 290 g/mol. The van der Waals surface area contributed by atoms with Gasteiger partial charge in [0.15, 0.2) is 6.61 Å². The van der Waals surface area contributed by atoms with Gasteiger partial charge in [-0.2, -0.15) is 0 Å². The molecular formula is C16H24ClNO3. The van der Waals surface area contributed by atoms with Crippen LogP contribution < -0.4 is 10.5 Å². The molecule has 21 heavy (non-hydrogen) atoms. The minimum atomic E-state index is -0.346. The lowest BCUT2D eigenvalue weighted by Crippen LogP contribution is -2.44. The Morgan fingerprint density at radius 3 is 2.81 bits per heavy atom. The lowest BCUT2D eigenvalue weighted by atomic mass is 9.69. The van der Waals surface area contributed by atoms with Crippen LogP contribution in [-0.4, -0.2) is 25.2 Å². The van der Waals surface area contributed by atoms with Crippen LogP contribution in [0.15, 0.2) is 18.2 Å². The number of carbonyl (C=O) groups excluding carboxylic acids is 1. The third-order valence-corrected chi connectivity index (χ3v) is 4.09. The van der Waals surface area contributed by atoms with Crippen LogP contribution in [0.4, 0.5) is 0 Å². The number of esters is 1. The Kier molecular flexibility index (Phi) is 6.05. The fraction of sp³-hybridized carbons (Fsp3) is 0.562. The van der Waals surface area contributed by atoms with Crippen LogP contribution in [0.3, 0.4) is 0 Å². The SMILES string of the molecule is CCOC(=O)COc1ccc2c(c1)C(C)(C)C(N)CC2.Cl. The number of hydrogen-bond acceptors (Lipinski definition) is 4. The zero-order valence-electron chi connectivity index (χ0n) is 12.8. The summed E-state index contributed by atoms with van der Waals surface area (Å²) >= 11 is 0. The first kappa shape index (κ1) is 17.8. The third kappa shape index (κ3) is 3.89. The number of ether oxygens (including phenoxy) is 2. The fourth-order valence-electron chi connectivity index (χ4n) is 2.68. The fourth-order valence-corrected chi connectivity index (χ4v) is 2.68. The Hall–Kier alpha value is -1.26. The van der Waals surface area contributed by atoms with Crippen molar-refractivity contribution in [3.63, 3.8) is 0 Å². The highest BCUT2D eigenvalue weighted by molar-refractivity contribution is 5.85. The van der Waals surface area contributed by atoms with Gasteiger partial charge in [0.25, 0.3) is 0 Å². The third-order valence-electron chi connectivity index (χ3n) is 4.09. The molecule has 0 saturated carbocycles. The number of carbonyl (C=O) groups is 1. The number of fused-ring (bicyclic) bond motifs is 1. The summed E-state index contributed by atoms with van der Waals surface area (Å²) in [6, 6.07) is 6.14. The zero-order chi connectivity index (χ0) is 14.8. The molecule has 5 heteroatoms. The van der Waals surface area contributed by atoms with Gasteiger partial charge in [-0.15, -0.1) is 12.4 Å². The molecule has 1 aromatic rings. The largest absolute Gasteiger partial charge is 0.482 e. The van der Waals surface area contributed by atoms with Crippen molar-refractivity contribution in [1.29, 1.82) is 0 Å². The van der Waals surface area contributed by atoms with Gasteiger partial charge in [0.2, 0.25) is 0 Å². The minimum Gasteiger partial charge on any atom is -0.482 e. The summed E-state index contributed by atoms with van der Waals surface area (Å²) in [5.74, 6) is 0.347. The summed E-state index contributed by atoms with van der Waals surface area (Å²) in [7, 11) is 0. The standard InChI is InChI=1S/C16H23NO3.ClH/c1-4-19-15(18)10-20-12-7-5-11-6-8-14(17)16(2,3)13(11)9-12;/h5,7,9,14H,4,6,8,10,17H2,1-3H3;1H. The summed E-state index contributed by atoms with van der Waals surface area (Å²) in [6.07, 6.45) is 2.00. The van der Waals surface area contributed by atoms with Crippen molar-refractivity contribution < 1.29 is 14.3 Å². The van der Waals surface area contributed by atoms with Crippen LogP contribution in [0, 0.1) is 0 Å². The van der Waals surface area contributed by atoms with E-state index >= 15 is 0 Å². The maximum absolute atomic E-state index is 11.3. The average molecular weight is 314 g/mol. The first-order valence-corrected chi connectivity index (χ1v) is 7.12. The Balaban J connectivity index is 0.00000220. The summed E-state index contributed by atoms with van der Waals surface area (Å²) in [5, 5.41) is 0. The van der Waals surface area contributed by atoms with Crippen molar-refractivity contribution in [2.45, 2.75) is 45.1 Å². The van der Waals surface area contributed by atoms with Gasteiger partial charge >= 0.3 is 5.97 Å². The van der Waals surface area contributed by atoms with Crippen LogP contribution in [0.2, 0.25) is 0 Å². The quantitative estimate of drug-likeness (QED) is 0.868. The molecule has 2 rings (SSSR count). The molecule has 0 radical (unpaired) electrons. The van der Waals surface area contributed by atoms with E-state index in [4.69, 9.17) is 15.2 Å². The molecule has 2 N–H and O–H groups in total. The van der Waals surface area contributed by atoms with Crippen molar-refractivity contribution in [2.24, 2.45) is 5.73 Å². The first-order chi connectivity index (χ1) is 9.45. The number of benzene rings is 1. The molecule has 0 fully saturated rings. The molecule has 0 saturated heterocycles. The predicted octanol–water partition coefficient (Wildman–Crippen LogP) is 2.60. The second-order valence-electron chi connectivity index (χ2n) is 5.78. The molecule has 0 heterocycles. The van der Waals surface area contributed by atoms with E-state index < -0.39 is 0 Å². The second-order valence-corrected chi connectivity index (χ2v) is 5.78. The van der Waals surface area contributed by atoms with E-state index in [-0.39, 0.29) is 36.4 Å². The molecule has 1 aliphatic rings. The molecule has 118 valence electrons. The van der Waals surface area contributed by atoms with Crippen LogP contribution >= 0.6 is 12.4 Å². The van der Waals surface area contributed by atoms with Gasteiger partial charge in [-0.05, 0) is 43.0 Å². The Morgan fingerprint density at radius 1 is 1.43 bits per heavy atom. The number of aryl methyl sites for hydroxylation is 1. The Morgan fingerprint density at radius 2 is 2.14 bits per heavy atom. The second kappa shape index (κ2) is 7.14. The summed E-state index contributed by atoms with van der Waals surface area (Å²) < 4.78 is 10.3. The van der Waals surface area contributed by atoms with Gasteiger partial charge in [-0.1, -0.05) is 19.9 Å². The normalized spacial score (nSPS) is 19.1. The molecule has 0 aliphatic heterocycles. The van der Waals surface area contributed by atoms with Crippen LogP contribution in [0.25, 0.3) is 0 Å². The predicted molar refractivity (Wildman–Crippen MR) is 85.1 cm³/mol. The number of rotatable bonds is 4. The lowest BCUT2D eigenvalue weighted by Gasteiger charge is -2.38. The van der Waals surface area contributed by atoms with E-state index in [0.29, 0.717) is 12.4 Å². The van der Waals surface area contributed by atoms with E-state index in [1.807, 2.05) is 12.1 Å². The van der Waals surface area contributed by atoms with E-state index in [1.165, 1.54) is 11.1 Å². The van der Waals surface area contributed by atoms with Gasteiger partial charge in [0.05, 0.1) is 6.61 Å². The van der Waals surface area contributed by atoms with Gasteiger partial charge in [-0.25, -0.2) is 4.79 Å². The van der Waals surface area contributed by atoms with Gasteiger partial charge in [-0.3, -0.25) is 0 Å². The zero-order valence-corrected chi connectivity index (χ0v) is 13.7. The highest BCUT2D eigenvalue weighted by atomic mass is 35.5. The summed E-state index contributed by atoms with van der Waals surface area (Å²) in [4.78, 5) is 11.3. The molecule has 4 nitrogen and oxygen atoms in total. The highest BCUT2D eigenvalue weighted by Crippen LogP contribution is 2.37. The Labute approximate surface area is 132 Å². The van der Waals surface area contributed by atoms with Crippen molar-refractivity contribution in [1.82, 2.24) is 0 Å². The van der Waals surface area contributed by atoms with Crippen molar-refractivity contribution >= 4 is 18.4 Å². The van der Waals surface area contributed by atoms with Crippen LogP contribution in [0.5, 0.6) is 5.75 Å². The smallest absolute Gasteiger partial charge is 0.344 e. The first-order valence-electron chi connectivity index (χ1n) is 7.12. The molecule has 1 aliphatic carbocycles. The van der Waals surface area contributed by atoms with E-state index in [2.05, 4.69) is 19.9 Å². The van der Waals surface area contributed by atoms with E-state index in [0.717, 1.165) is 12.8 Å². The molecule has 1 unspecified atom stereocenters. The van der Waals surface area contributed by atoms with Gasteiger partial charge < -0.3 is 15.2 Å². The number of hydrogen-bond donors (Lipinski definition) is 1. The monoisotopic (exact) mass is 313 g/mol. The van der Waals surface area contributed by atoms with Crippen LogP contribution in [0.1, 0.15) is 38.3 Å². The van der Waals surface area contributed by atoms with Crippen molar-refractivity contribution in [3.05, 3.63) is 29.3 Å². The molecule has 0 bridgehead atoms. The summed E-state index contributed by atoms with van der Waals surface area (Å²) in [6.45, 7) is 6.41. The number of halogens is 1. The van der Waals surface area contributed by atoms with Gasteiger partial charge in [0, 0.05) is 11.5 Å². The maximum Gasteiger partial charge on any atom is 0.344 e. The summed E-state index contributed by atoms with van der Waals surface area (Å²) in [5.41, 5.74) is 8.69. The molecule has 0 spiro atoms. The average Bonchev–Trinajstić information content (AvgIpc) is 2.42. The highest BCUT2D eigenvalue weighted by Gasteiger charge is 2.34. The van der Waals surface area contributed by atoms with Crippen molar-refractivity contribution in [2.75, 3.05) is 13.2 Å². The van der Waals surface area contributed by atoms with Gasteiger partial charge in [0.1, 0.15) is 5.75 Å². The lowest BCUT2D eigenvalue weighted by molar-refractivity contribution is -0.145. The van der Waals surface area contributed by atoms with Crippen molar-refractivity contribution in [3.8, 4) is 5.75 Å². The number of nitrogens with two attached hydrogens (primary N) is 1. The molecule has 1 aromatic carbocycles. The topological polar surface area (TPSA) is 61.5 Å². The molecule has 1 atom stereocenters. The van der Waals surface area contributed by atoms with E-state index in [9.17, 15) is 4.79 Å². The van der Waals surface area contributed by atoms with E-state index in [1.54, 1.807) is 6.92 Å². The molecule has 0 aromatic heterocycles. The Bertz CT molecular complexity index is 502. The van der Waals surface area contributed by atoms with Crippen LogP contribution in [-0.2, 0) is 21.4 Å². The minimum absolute atomic E-state index is 0. The maximum atomic E-state index is 11.3.